The van der Waals surface area contributed by atoms with Gasteiger partial charge in [0.05, 0.1) is 0 Å². The summed E-state index contributed by atoms with van der Waals surface area (Å²) in [5.74, 6) is 0. The van der Waals surface area contributed by atoms with Crippen molar-refractivity contribution in [2.75, 3.05) is 0 Å². The second-order valence-electron chi connectivity index (χ2n) is 4.82. The molecular formula is C17H20. The average Bonchev–Trinajstić information content (AvgIpc) is 2.32. The van der Waals surface area contributed by atoms with Gasteiger partial charge in [-0.3, -0.25) is 0 Å². The molecule has 1 aliphatic carbocycles. The molecule has 0 radical (unpaired) electrons. The van der Waals surface area contributed by atoms with Crippen LogP contribution in [0.15, 0.2) is 53.6 Å². The summed E-state index contributed by atoms with van der Waals surface area (Å²) in [6.45, 7) is 6.53. The van der Waals surface area contributed by atoms with Crippen molar-refractivity contribution >= 4 is 5.57 Å². The van der Waals surface area contributed by atoms with Crippen LogP contribution >= 0.6 is 0 Å². The van der Waals surface area contributed by atoms with Crippen LogP contribution in [0.1, 0.15) is 37.8 Å². The molecule has 1 aliphatic rings. The Morgan fingerprint density at radius 1 is 1.12 bits per heavy atom. The van der Waals surface area contributed by atoms with Crippen LogP contribution in [0, 0.1) is 6.92 Å². The number of hydrogen-bond acceptors (Lipinski definition) is 0. The summed E-state index contributed by atoms with van der Waals surface area (Å²) < 4.78 is 0. The van der Waals surface area contributed by atoms with Gasteiger partial charge in [0.2, 0.25) is 0 Å². The fourth-order valence-electron chi connectivity index (χ4n) is 2.20. The lowest BCUT2D eigenvalue weighted by molar-refractivity contribution is 1.00. The van der Waals surface area contributed by atoms with E-state index in [1.165, 1.54) is 40.7 Å². The summed E-state index contributed by atoms with van der Waals surface area (Å²) in [5, 5.41) is 0. The van der Waals surface area contributed by atoms with Crippen LogP contribution in [0.5, 0.6) is 0 Å². The summed E-state index contributed by atoms with van der Waals surface area (Å²) in [6.07, 6.45) is 9.33. The highest BCUT2D eigenvalue weighted by atomic mass is 14.1. The number of rotatable bonds is 2. The zero-order chi connectivity index (χ0) is 12.3. The van der Waals surface area contributed by atoms with Crippen molar-refractivity contribution in [3.63, 3.8) is 0 Å². The second kappa shape index (κ2) is 5.18. The largest absolute Gasteiger partial charge is 0.0807 e. The van der Waals surface area contributed by atoms with E-state index in [1.54, 1.807) is 0 Å². The molecule has 0 saturated carbocycles. The quantitative estimate of drug-likeness (QED) is 0.658. The van der Waals surface area contributed by atoms with Crippen molar-refractivity contribution in [1.82, 2.24) is 0 Å². The molecule has 1 aromatic rings. The van der Waals surface area contributed by atoms with Gasteiger partial charge in [-0.1, -0.05) is 48.1 Å². The van der Waals surface area contributed by atoms with Gasteiger partial charge in [0.15, 0.2) is 0 Å². The molecule has 0 nitrogen and oxygen atoms in total. The molecule has 2 rings (SSSR count). The topological polar surface area (TPSA) is 0 Å². The van der Waals surface area contributed by atoms with Crippen molar-refractivity contribution in [1.29, 1.82) is 0 Å². The molecule has 1 aromatic carbocycles. The van der Waals surface area contributed by atoms with E-state index >= 15 is 0 Å². The highest BCUT2D eigenvalue weighted by molar-refractivity contribution is 5.68. The standard InChI is InChI=1S/C17H20/c1-13-7-6-10-16(11-13)15(3)12-17-9-5-4-8-14(17)2/h6-12H,4-5H2,1-3H3/b15-12+. The van der Waals surface area contributed by atoms with Crippen LogP contribution in [0.3, 0.4) is 0 Å². The lowest BCUT2D eigenvalue weighted by Crippen LogP contribution is -1.90. The third-order valence-corrected chi connectivity index (χ3v) is 3.28. The molecule has 17 heavy (non-hydrogen) atoms. The maximum Gasteiger partial charge on any atom is -0.0225 e. The zero-order valence-corrected chi connectivity index (χ0v) is 11.0. The Labute approximate surface area is 104 Å². The van der Waals surface area contributed by atoms with Crippen LogP contribution in [-0.2, 0) is 0 Å². The molecule has 0 bridgehead atoms. The molecule has 0 amide bonds. The van der Waals surface area contributed by atoms with Crippen LogP contribution in [0.25, 0.3) is 5.57 Å². The Morgan fingerprint density at radius 3 is 2.59 bits per heavy atom. The van der Waals surface area contributed by atoms with Crippen molar-refractivity contribution in [2.24, 2.45) is 0 Å². The Morgan fingerprint density at radius 2 is 1.88 bits per heavy atom. The Kier molecular flexibility index (Phi) is 3.63. The fourth-order valence-corrected chi connectivity index (χ4v) is 2.20. The van der Waals surface area contributed by atoms with E-state index in [9.17, 15) is 0 Å². The Balaban J connectivity index is 2.28. The second-order valence-corrected chi connectivity index (χ2v) is 4.82. The zero-order valence-electron chi connectivity index (χ0n) is 11.0. The third kappa shape index (κ3) is 2.97. The van der Waals surface area contributed by atoms with Gasteiger partial charge in [-0.2, -0.15) is 0 Å². The minimum atomic E-state index is 1.17. The van der Waals surface area contributed by atoms with E-state index in [1.807, 2.05) is 0 Å². The SMILES string of the molecule is CC1=CCCC=C1/C=C(\C)c1cccc(C)c1. The van der Waals surface area contributed by atoms with Gasteiger partial charge in [-0.05, 0) is 55.9 Å². The lowest BCUT2D eigenvalue weighted by atomic mass is 9.95. The molecule has 0 saturated heterocycles. The monoisotopic (exact) mass is 224 g/mol. The number of benzene rings is 1. The van der Waals surface area contributed by atoms with Gasteiger partial charge in [0.1, 0.15) is 0 Å². The van der Waals surface area contributed by atoms with Crippen molar-refractivity contribution < 1.29 is 0 Å². The van der Waals surface area contributed by atoms with E-state index in [4.69, 9.17) is 0 Å². The highest BCUT2D eigenvalue weighted by Gasteiger charge is 2.03. The smallest absolute Gasteiger partial charge is 0.0225 e. The van der Waals surface area contributed by atoms with Gasteiger partial charge < -0.3 is 0 Å². The fraction of sp³-hybridized carbons (Fsp3) is 0.294. The summed E-state index contributed by atoms with van der Waals surface area (Å²) in [5.41, 5.74) is 6.78. The Hall–Kier alpha value is -1.56. The number of aryl methyl sites for hydroxylation is 1. The predicted molar refractivity (Wildman–Crippen MR) is 75.9 cm³/mol. The first-order chi connectivity index (χ1) is 8.16. The maximum atomic E-state index is 2.34. The number of allylic oxidation sites excluding steroid dienone is 6. The van der Waals surface area contributed by atoms with E-state index in [-0.39, 0.29) is 0 Å². The van der Waals surface area contributed by atoms with Gasteiger partial charge in [-0.15, -0.1) is 0 Å². The molecule has 0 atom stereocenters. The van der Waals surface area contributed by atoms with Gasteiger partial charge >= 0.3 is 0 Å². The summed E-state index contributed by atoms with van der Waals surface area (Å²) in [4.78, 5) is 0. The summed E-state index contributed by atoms with van der Waals surface area (Å²) in [6, 6.07) is 8.69. The molecule has 0 aliphatic heterocycles. The van der Waals surface area contributed by atoms with E-state index in [0.717, 1.165) is 0 Å². The van der Waals surface area contributed by atoms with Crippen LogP contribution in [-0.4, -0.2) is 0 Å². The Bertz CT molecular complexity index is 499. The van der Waals surface area contributed by atoms with Crippen LogP contribution in [0.4, 0.5) is 0 Å². The molecule has 0 aromatic heterocycles. The third-order valence-electron chi connectivity index (χ3n) is 3.28. The number of hydrogen-bond donors (Lipinski definition) is 0. The highest BCUT2D eigenvalue weighted by Crippen LogP contribution is 2.24. The molecule has 0 fully saturated rings. The molecule has 0 heteroatoms. The van der Waals surface area contributed by atoms with Gasteiger partial charge in [0, 0.05) is 0 Å². The van der Waals surface area contributed by atoms with Gasteiger partial charge in [-0.25, -0.2) is 0 Å². The molecule has 0 heterocycles. The van der Waals surface area contributed by atoms with Crippen molar-refractivity contribution in [2.45, 2.75) is 33.6 Å². The lowest BCUT2D eigenvalue weighted by Gasteiger charge is -2.11. The van der Waals surface area contributed by atoms with E-state index in [2.05, 4.69) is 63.3 Å². The van der Waals surface area contributed by atoms with Crippen LogP contribution in [0.2, 0.25) is 0 Å². The molecule has 88 valence electrons. The average molecular weight is 224 g/mol. The molecular weight excluding hydrogens is 204 g/mol. The van der Waals surface area contributed by atoms with Crippen molar-refractivity contribution in [3.05, 3.63) is 64.8 Å². The van der Waals surface area contributed by atoms with Crippen molar-refractivity contribution in [3.8, 4) is 0 Å². The summed E-state index contributed by atoms with van der Waals surface area (Å²) in [7, 11) is 0. The normalized spacial score (nSPS) is 16.5. The molecule has 0 N–H and O–H groups in total. The first-order valence-electron chi connectivity index (χ1n) is 6.29. The van der Waals surface area contributed by atoms with Crippen LogP contribution < -0.4 is 0 Å². The first kappa shape index (κ1) is 11.9. The minimum Gasteiger partial charge on any atom is -0.0807 e. The van der Waals surface area contributed by atoms with Gasteiger partial charge in [0.25, 0.3) is 0 Å². The molecule has 0 unspecified atom stereocenters. The molecule has 0 spiro atoms. The van der Waals surface area contributed by atoms with E-state index < -0.39 is 0 Å². The maximum absolute atomic E-state index is 2.34. The predicted octanol–water partition coefficient (Wildman–Crippen LogP) is 5.06. The summed E-state index contributed by atoms with van der Waals surface area (Å²) >= 11 is 0. The minimum absolute atomic E-state index is 1.17. The first-order valence-corrected chi connectivity index (χ1v) is 6.29. The van der Waals surface area contributed by atoms with E-state index in [0.29, 0.717) is 0 Å².